The Morgan fingerprint density at radius 3 is 2.72 bits per heavy atom. The number of benzene rings is 1. The number of methoxy groups -OCH3 is 1. The van der Waals surface area contributed by atoms with Crippen molar-refractivity contribution in [2.24, 2.45) is 5.10 Å². The van der Waals surface area contributed by atoms with Gasteiger partial charge < -0.3 is 20.1 Å². The number of rotatable bonds is 8. The molecule has 1 aromatic carbocycles. The first-order chi connectivity index (χ1) is 15.3. The lowest BCUT2D eigenvalue weighted by Gasteiger charge is -2.11. The van der Waals surface area contributed by atoms with E-state index in [1.54, 1.807) is 18.2 Å². The van der Waals surface area contributed by atoms with E-state index >= 15 is 0 Å². The van der Waals surface area contributed by atoms with E-state index in [1.165, 1.54) is 24.9 Å². The van der Waals surface area contributed by atoms with Gasteiger partial charge in [0.2, 0.25) is 11.6 Å². The zero-order valence-corrected chi connectivity index (χ0v) is 17.8. The van der Waals surface area contributed by atoms with Crippen LogP contribution in [0.1, 0.15) is 28.7 Å². The van der Waals surface area contributed by atoms with Crippen molar-refractivity contribution in [2.75, 3.05) is 26.9 Å². The zero-order chi connectivity index (χ0) is 23.3. The quantitative estimate of drug-likeness (QED) is 0.207. The first-order valence-corrected chi connectivity index (χ1v) is 9.17. The highest BCUT2D eigenvalue weighted by Gasteiger charge is 2.24. The van der Waals surface area contributed by atoms with Gasteiger partial charge in [-0.1, -0.05) is 5.21 Å². The predicted octanol–water partition coefficient (Wildman–Crippen LogP) is -0.00810. The van der Waals surface area contributed by atoms with E-state index in [1.807, 2.05) is 19.0 Å². The van der Waals surface area contributed by atoms with Crippen molar-refractivity contribution >= 4 is 23.9 Å². The van der Waals surface area contributed by atoms with Crippen LogP contribution in [0.25, 0.3) is 5.82 Å². The Morgan fingerprint density at radius 2 is 2.09 bits per heavy atom. The number of carbonyl (C=O) groups excluding carboxylic acids is 2. The van der Waals surface area contributed by atoms with Crippen LogP contribution in [0, 0.1) is 0 Å². The van der Waals surface area contributed by atoms with E-state index in [4.69, 9.17) is 15.2 Å². The number of aromatic nitrogens is 5. The number of carbonyl (C=O) groups is 2. The van der Waals surface area contributed by atoms with Crippen LogP contribution in [-0.2, 0) is 11.3 Å². The first-order valence-electron chi connectivity index (χ1n) is 9.17. The normalized spacial score (nSPS) is 11.2. The minimum atomic E-state index is -0.595. The molecule has 2 aromatic heterocycles. The van der Waals surface area contributed by atoms with E-state index < -0.39 is 11.9 Å². The van der Waals surface area contributed by atoms with Crippen molar-refractivity contribution in [3.05, 3.63) is 35.2 Å². The van der Waals surface area contributed by atoms with Gasteiger partial charge in [-0.05, 0) is 48.2 Å². The second-order valence-corrected chi connectivity index (χ2v) is 6.71. The third kappa shape index (κ3) is 5.04. The van der Waals surface area contributed by atoms with Crippen LogP contribution < -0.4 is 20.6 Å². The molecule has 2 heterocycles. The summed E-state index contributed by atoms with van der Waals surface area (Å²) in [5.41, 5.74) is 9.17. The molecule has 32 heavy (non-hydrogen) atoms. The molecule has 0 saturated heterocycles. The summed E-state index contributed by atoms with van der Waals surface area (Å²) in [6.07, 6.45) is 1.40. The summed E-state index contributed by atoms with van der Waals surface area (Å²) >= 11 is 0. The molecule has 3 aromatic rings. The van der Waals surface area contributed by atoms with Gasteiger partial charge >= 0.3 is 5.97 Å². The van der Waals surface area contributed by atoms with Gasteiger partial charge in [-0.25, -0.2) is 10.1 Å². The third-order valence-corrected chi connectivity index (χ3v) is 3.96. The number of anilines is 1. The fourth-order valence-electron chi connectivity index (χ4n) is 2.65. The maximum atomic E-state index is 12.7. The highest BCUT2D eigenvalue weighted by Crippen LogP contribution is 2.27. The van der Waals surface area contributed by atoms with Gasteiger partial charge in [0.1, 0.15) is 0 Å². The van der Waals surface area contributed by atoms with Crippen molar-refractivity contribution in [1.29, 1.82) is 0 Å². The van der Waals surface area contributed by atoms with E-state index in [0.29, 0.717) is 23.6 Å². The lowest BCUT2D eigenvalue weighted by atomic mass is 10.2. The zero-order valence-electron chi connectivity index (χ0n) is 17.8. The summed E-state index contributed by atoms with van der Waals surface area (Å²) in [4.78, 5) is 25.6. The van der Waals surface area contributed by atoms with Gasteiger partial charge in [0.15, 0.2) is 17.2 Å². The molecule has 0 radical (unpaired) electrons. The first kappa shape index (κ1) is 22.4. The number of nitrogens with zero attached hydrogens (tertiary/aromatic N) is 7. The number of nitrogens with two attached hydrogens (primary N) is 1. The van der Waals surface area contributed by atoms with Gasteiger partial charge in [0, 0.05) is 13.5 Å². The lowest BCUT2D eigenvalue weighted by Crippen LogP contribution is -2.23. The second-order valence-electron chi connectivity index (χ2n) is 6.71. The van der Waals surface area contributed by atoms with Crippen LogP contribution in [0.4, 0.5) is 5.82 Å². The van der Waals surface area contributed by atoms with Gasteiger partial charge in [0.25, 0.3) is 5.91 Å². The summed E-state index contributed by atoms with van der Waals surface area (Å²) < 4.78 is 16.1. The van der Waals surface area contributed by atoms with Crippen LogP contribution in [0.15, 0.2) is 27.9 Å². The van der Waals surface area contributed by atoms with Crippen LogP contribution in [0.3, 0.4) is 0 Å². The van der Waals surface area contributed by atoms with Crippen LogP contribution >= 0.6 is 0 Å². The maximum absolute atomic E-state index is 12.7. The van der Waals surface area contributed by atoms with Crippen molar-refractivity contribution in [1.82, 2.24) is 35.6 Å². The van der Waals surface area contributed by atoms with Gasteiger partial charge in [0.05, 0.1) is 19.0 Å². The predicted molar refractivity (Wildman–Crippen MR) is 110 cm³/mol. The second kappa shape index (κ2) is 9.65. The number of esters is 1. The molecule has 0 spiro atoms. The van der Waals surface area contributed by atoms with Crippen molar-refractivity contribution in [2.45, 2.75) is 13.5 Å². The van der Waals surface area contributed by atoms with Gasteiger partial charge in [-0.15, -0.1) is 5.10 Å². The number of hydrogen-bond acceptors (Lipinski definition) is 12. The number of nitrogen functional groups attached to an aromatic ring is 1. The molecule has 14 heteroatoms. The average molecular weight is 443 g/mol. The molecule has 168 valence electrons. The Kier molecular flexibility index (Phi) is 6.74. The summed E-state index contributed by atoms with van der Waals surface area (Å²) in [6.45, 7) is 1.60. The SMILES string of the molecule is COc1cc(/C=N\NC(=O)c2nnn(-c3nonc3N)c2CN(C)C)ccc1OC(C)=O. The number of hydrogen-bond donors (Lipinski definition) is 2. The Labute approximate surface area is 181 Å². The molecule has 0 aliphatic carbocycles. The highest BCUT2D eigenvalue weighted by molar-refractivity contribution is 5.94. The average Bonchev–Trinajstić information content (AvgIpc) is 3.33. The van der Waals surface area contributed by atoms with Crippen LogP contribution in [0.5, 0.6) is 11.5 Å². The molecule has 0 bridgehead atoms. The van der Waals surface area contributed by atoms with Gasteiger partial charge in [-0.3, -0.25) is 9.59 Å². The van der Waals surface area contributed by atoms with Crippen LogP contribution in [0.2, 0.25) is 0 Å². The van der Waals surface area contributed by atoms with Crippen LogP contribution in [-0.4, -0.2) is 69.5 Å². The third-order valence-electron chi connectivity index (χ3n) is 3.96. The maximum Gasteiger partial charge on any atom is 0.308 e. The summed E-state index contributed by atoms with van der Waals surface area (Å²) in [5.74, 6) is -0.328. The van der Waals surface area contributed by atoms with Gasteiger partial charge in [-0.2, -0.15) is 9.78 Å². The smallest absolute Gasteiger partial charge is 0.308 e. The van der Waals surface area contributed by atoms with E-state index in [2.05, 4.69) is 35.8 Å². The Hall–Kier alpha value is -4.33. The monoisotopic (exact) mass is 443 g/mol. The summed E-state index contributed by atoms with van der Waals surface area (Å²) in [6, 6.07) is 4.80. The fourth-order valence-corrected chi connectivity index (χ4v) is 2.65. The topological polar surface area (TPSA) is 176 Å². The fraction of sp³-hybridized carbons (Fsp3) is 0.278. The molecule has 0 aliphatic rings. The molecule has 0 unspecified atom stereocenters. The minimum absolute atomic E-state index is 0.00559. The summed E-state index contributed by atoms with van der Waals surface area (Å²) in [7, 11) is 5.07. The molecule has 14 nitrogen and oxygen atoms in total. The molecule has 0 aliphatic heterocycles. The van der Waals surface area contributed by atoms with Crippen molar-refractivity contribution in [3.63, 3.8) is 0 Å². The van der Waals surface area contributed by atoms with Crippen molar-refractivity contribution in [3.8, 4) is 17.3 Å². The van der Waals surface area contributed by atoms with E-state index in [-0.39, 0.29) is 23.1 Å². The number of hydrazone groups is 1. The van der Waals surface area contributed by atoms with Crippen molar-refractivity contribution < 1.29 is 23.7 Å². The molecule has 0 atom stereocenters. The minimum Gasteiger partial charge on any atom is -0.493 e. The molecule has 0 saturated carbocycles. The molecular weight excluding hydrogens is 422 g/mol. The number of ether oxygens (including phenoxy) is 2. The standard InChI is InChI=1S/C18H21N9O5/c1-10(28)31-13-6-5-11(7-14(13)30-4)8-20-22-18(29)15-12(9-26(2)3)27(25-21-15)17-16(19)23-32-24-17/h5-8H,9H2,1-4H3,(H2,19,23)(H,22,29)/b20-8-. The largest absolute Gasteiger partial charge is 0.493 e. The van der Waals surface area contributed by atoms with E-state index in [0.717, 1.165) is 0 Å². The Balaban J connectivity index is 1.79. The number of nitrogens with one attached hydrogen (secondary N) is 1. The number of amides is 1. The lowest BCUT2D eigenvalue weighted by molar-refractivity contribution is -0.132. The molecule has 0 fully saturated rings. The highest BCUT2D eigenvalue weighted by atomic mass is 16.6. The molecular formula is C18H21N9O5. The van der Waals surface area contributed by atoms with E-state index in [9.17, 15) is 9.59 Å². The molecule has 3 N–H and O–H groups in total. The molecule has 1 amide bonds. The Bertz CT molecular complexity index is 1150. The Morgan fingerprint density at radius 1 is 1.31 bits per heavy atom. The summed E-state index contributed by atoms with van der Waals surface area (Å²) in [5, 5.41) is 19.0. The molecule has 3 rings (SSSR count).